The first kappa shape index (κ1) is 16.4. The largest absolute Gasteiger partial charge is 0.493 e. The molecule has 0 saturated heterocycles. The molecule has 8 heteroatoms. The number of nitrogens with zero attached hydrogens (tertiary/aromatic N) is 2. The summed E-state index contributed by atoms with van der Waals surface area (Å²) in [5, 5.41) is 10.2. The number of benzene rings is 1. The van der Waals surface area contributed by atoms with Gasteiger partial charge in [-0.2, -0.15) is 0 Å². The van der Waals surface area contributed by atoms with Crippen LogP contribution >= 0.6 is 23.2 Å². The highest BCUT2D eigenvalue weighted by Crippen LogP contribution is 2.35. The smallest absolute Gasteiger partial charge is 0.355 e. The molecule has 0 saturated carbocycles. The Labute approximate surface area is 147 Å². The third-order valence-corrected chi connectivity index (χ3v) is 3.99. The molecule has 0 fully saturated rings. The summed E-state index contributed by atoms with van der Waals surface area (Å²) in [7, 11) is 3.02. The summed E-state index contributed by atoms with van der Waals surface area (Å²) in [4.78, 5) is 16.1. The van der Waals surface area contributed by atoms with Crippen LogP contribution in [0.2, 0.25) is 10.0 Å². The normalized spacial score (nSPS) is 10.8. The molecule has 0 aliphatic carbocycles. The summed E-state index contributed by atoms with van der Waals surface area (Å²) < 4.78 is 11.8. The highest BCUT2D eigenvalue weighted by Gasteiger charge is 2.22. The van der Waals surface area contributed by atoms with E-state index in [2.05, 4.69) is 4.98 Å². The van der Waals surface area contributed by atoms with Crippen LogP contribution in [0.4, 0.5) is 0 Å². The monoisotopic (exact) mass is 366 g/mol. The zero-order chi connectivity index (χ0) is 17.4. The Kier molecular flexibility index (Phi) is 4.26. The lowest BCUT2D eigenvalue weighted by atomic mass is 10.1. The molecule has 0 unspecified atom stereocenters. The van der Waals surface area contributed by atoms with Gasteiger partial charge >= 0.3 is 5.97 Å². The number of imidazole rings is 1. The first-order valence-corrected chi connectivity index (χ1v) is 7.54. The van der Waals surface area contributed by atoms with Gasteiger partial charge in [-0.1, -0.05) is 23.2 Å². The molecule has 3 aromatic rings. The van der Waals surface area contributed by atoms with E-state index in [4.69, 9.17) is 32.7 Å². The molecule has 1 N–H and O–H groups in total. The molecular formula is C16H12Cl2N2O4. The van der Waals surface area contributed by atoms with Crippen LogP contribution in [0.25, 0.3) is 16.9 Å². The van der Waals surface area contributed by atoms with E-state index in [-0.39, 0.29) is 16.4 Å². The lowest BCUT2D eigenvalue weighted by Crippen LogP contribution is -2.04. The molecule has 3 rings (SSSR count). The molecule has 0 spiro atoms. The summed E-state index contributed by atoms with van der Waals surface area (Å²) in [5.41, 5.74) is 1.08. The standard InChI is InChI=1S/C16H12Cl2N2O4/c1-23-11-4-3-8(5-12(11)24-2)13-14(16(21)22)20-7-9(17)6-10(18)15(20)19-13/h3-7H,1-2H3,(H,21,22). The van der Waals surface area contributed by atoms with Crippen molar-refractivity contribution in [3.8, 4) is 22.8 Å². The van der Waals surface area contributed by atoms with E-state index in [0.717, 1.165) is 0 Å². The zero-order valence-corrected chi connectivity index (χ0v) is 14.2. The van der Waals surface area contributed by atoms with Gasteiger partial charge in [-0.3, -0.25) is 4.40 Å². The van der Waals surface area contributed by atoms with Crippen molar-refractivity contribution >= 4 is 34.8 Å². The SMILES string of the molecule is COc1ccc(-c2nc3c(Cl)cc(Cl)cn3c2C(=O)O)cc1OC. The van der Waals surface area contributed by atoms with Crippen LogP contribution in [0.5, 0.6) is 11.5 Å². The van der Waals surface area contributed by atoms with Crippen LogP contribution in [0.15, 0.2) is 30.5 Å². The highest BCUT2D eigenvalue weighted by atomic mass is 35.5. The van der Waals surface area contributed by atoms with Crippen molar-refractivity contribution in [1.82, 2.24) is 9.38 Å². The van der Waals surface area contributed by atoms with Gasteiger partial charge in [0.2, 0.25) is 0 Å². The number of carboxylic acids is 1. The first-order chi connectivity index (χ1) is 11.5. The number of pyridine rings is 1. The molecule has 6 nitrogen and oxygen atoms in total. The Balaban J connectivity index is 2.32. The molecule has 24 heavy (non-hydrogen) atoms. The number of hydrogen-bond acceptors (Lipinski definition) is 4. The summed E-state index contributed by atoms with van der Waals surface area (Å²) in [6, 6.07) is 6.54. The number of halogens is 2. The Morgan fingerprint density at radius 2 is 1.88 bits per heavy atom. The minimum Gasteiger partial charge on any atom is -0.493 e. The minimum absolute atomic E-state index is 0.0402. The molecule has 124 valence electrons. The maximum absolute atomic E-state index is 11.8. The van der Waals surface area contributed by atoms with Crippen molar-refractivity contribution in [3.05, 3.63) is 46.2 Å². The van der Waals surface area contributed by atoms with Gasteiger partial charge in [0, 0.05) is 11.8 Å². The summed E-state index contributed by atoms with van der Waals surface area (Å²) >= 11 is 12.1. The fourth-order valence-electron chi connectivity index (χ4n) is 2.46. The van der Waals surface area contributed by atoms with Gasteiger partial charge in [-0.15, -0.1) is 0 Å². The van der Waals surface area contributed by atoms with E-state index < -0.39 is 5.97 Å². The van der Waals surface area contributed by atoms with Crippen LogP contribution in [-0.4, -0.2) is 34.7 Å². The Hall–Kier alpha value is -2.44. The number of hydrogen-bond donors (Lipinski definition) is 1. The number of aromatic carboxylic acids is 1. The summed E-state index contributed by atoms with van der Waals surface area (Å²) in [6.45, 7) is 0. The van der Waals surface area contributed by atoms with Crippen LogP contribution in [0.3, 0.4) is 0 Å². The van der Waals surface area contributed by atoms with E-state index in [9.17, 15) is 9.90 Å². The zero-order valence-electron chi connectivity index (χ0n) is 12.7. The molecule has 0 amide bonds. The van der Waals surface area contributed by atoms with Gasteiger partial charge in [-0.05, 0) is 24.3 Å². The van der Waals surface area contributed by atoms with E-state index in [0.29, 0.717) is 27.7 Å². The predicted octanol–water partition coefficient (Wildman–Crippen LogP) is 4.02. The van der Waals surface area contributed by atoms with Crippen molar-refractivity contribution in [1.29, 1.82) is 0 Å². The fourth-order valence-corrected chi connectivity index (χ4v) is 2.98. The first-order valence-electron chi connectivity index (χ1n) is 6.79. The Morgan fingerprint density at radius 3 is 2.50 bits per heavy atom. The minimum atomic E-state index is -1.15. The van der Waals surface area contributed by atoms with Gasteiger partial charge in [0.15, 0.2) is 22.8 Å². The number of rotatable bonds is 4. The number of aromatic nitrogens is 2. The van der Waals surface area contributed by atoms with Crippen LogP contribution in [-0.2, 0) is 0 Å². The van der Waals surface area contributed by atoms with Crippen molar-refractivity contribution in [2.75, 3.05) is 14.2 Å². The molecule has 0 bridgehead atoms. The highest BCUT2D eigenvalue weighted by molar-refractivity contribution is 6.36. The van der Waals surface area contributed by atoms with E-state index >= 15 is 0 Å². The lowest BCUT2D eigenvalue weighted by Gasteiger charge is -2.09. The maximum Gasteiger partial charge on any atom is 0.355 e. The number of ether oxygens (including phenoxy) is 2. The summed E-state index contributed by atoms with van der Waals surface area (Å²) in [6.07, 6.45) is 1.46. The second kappa shape index (κ2) is 6.22. The molecule has 0 aliphatic rings. The third-order valence-electron chi connectivity index (χ3n) is 3.50. The molecule has 1 aromatic carbocycles. The van der Waals surface area contributed by atoms with Crippen LogP contribution in [0, 0.1) is 0 Å². The van der Waals surface area contributed by atoms with Gasteiger partial charge in [0.05, 0.1) is 24.3 Å². The van der Waals surface area contributed by atoms with Gasteiger partial charge in [0.1, 0.15) is 5.69 Å². The maximum atomic E-state index is 11.8. The van der Waals surface area contributed by atoms with Crippen LogP contribution in [0.1, 0.15) is 10.5 Å². The average Bonchev–Trinajstić information content (AvgIpc) is 2.93. The second-order valence-electron chi connectivity index (χ2n) is 4.88. The number of carbonyl (C=O) groups is 1. The fraction of sp³-hybridized carbons (Fsp3) is 0.125. The van der Waals surface area contributed by atoms with Gasteiger partial charge in [-0.25, -0.2) is 9.78 Å². The van der Waals surface area contributed by atoms with E-state index in [1.165, 1.54) is 30.9 Å². The predicted molar refractivity (Wildman–Crippen MR) is 90.7 cm³/mol. The quantitative estimate of drug-likeness (QED) is 0.754. The molecular weight excluding hydrogens is 355 g/mol. The molecule has 2 heterocycles. The topological polar surface area (TPSA) is 73.1 Å². The van der Waals surface area contributed by atoms with Crippen molar-refractivity contribution < 1.29 is 19.4 Å². The Bertz CT molecular complexity index is 953. The lowest BCUT2D eigenvalue weighted by molar-refractivity contribution is 0.0690. The third kappa shape index (κ3) is 2.64. The van der Waals surface area contributed by atoms with Gasteiger partial charge < -0.3 is 14.6 Å². The molecule has 0 aliphatic heterocycles. The van der Waals surface area contributed by atoms with E-state index in [1.54, 1.807) is 18.2 Å². The Morgan fingerprint density at radius 1 is 1.17 bits per heavy atom. The molecule has 0 atom stereocenters. The second-order valence-corrected chi connectivity index (χ2v) is 5.73. The number of fused-ring (bicyclic) bond motifs is 1. The van der Waals surface area contributed by atoms with E-state index in [1.807, 2.05) is 0 Å². The van der Waals surface area contributed by atoms with Crippen molar-refractivity contribution in [3.63, 3.8) is 0 Å². The van der Waals surface area contributed by atoms with Crippen LogP contribution < -0.4 is 9.47 Å². The molecule has 0 radical (unpaired) electrons. The van der Waals surface area contributed by atoms with Gasteiger partial charge in [0.25, 0.3) is 0 Å². The number of carboxylic acid groups (broad SMARTS) is 1. The van der Waals surface area contributed by atoms with Crippen molar-refractivity contribution in [2.24, 2.45) is 0 Å². The summed E-state index contributed by atoms with van der Waals surface area (Å²) in [5.74, 6) is -0.152. The van der Waals surface area contributed by atoms with Crippen molar-refractivity contribution in [2.45, 2.75) is 0 Å². The number of methoxy groups -OCH3 is 2. The average molecular weight is 367 g/mol. The molecule has 2 aromatic heterocycles.